The quantitative estimate of drug-likeness (QED) is 0.737. The van der Waals surface area contributed by atoms with Crippen LogP contribution in [0.2, 0.25) is 0 Å². The van der Waals surface area contributed by atoms with E-state index in [9.17, 15) is 9.90 Å². The van der Waals surface area contributed by atoms with Crippen molar-refractivity contribution in [1.29, 1.82) is 0 Å². The normalized spacial score (nSPS) is 38.6. The van der Waals surface area contributed by atoms with Gasteiger partial charge in [0, 0.05) is 0 Å². The monoisotopic (exact) mass is 199 g/mol. The standard InChI is InChI=1S/C11H21NO2/c1-8-5-6-9(2)11(7-8,10(13)14)12(3)4/h8-9H,5-7H2,1-4H3,(H,13,14). The Kier molecular flexibility index (Phi) is 3.20. The van der Waals surface area contributed by atoms with Gasteiger partial charge in [-0.05, 0) is 38.8 Å². The molecule has 0 heterocycles. The van der Waals surface area contributed by atoms with E-state index in [4.69, 9.17) is 0 Å². The number of aliphatic carboxylic acids is 1. The van der Waals surface area contributed by atoms with Crippen LogP contribution in [0.1, 0.15) is 33.1 Å². The van der Waals surface area contributed by atoms with Gasteiger partial charge >= 0.3 is 5.97 Å². The number of carboxylic acids is 1. The summed E-state index contributed by atoms with van der Waals surface area (Å²) in [4.78, 5) is 13.3. The Morgan fingerprint density at radius 3 is 2.29 bits per heavy atom. The Hall–Kier alpha value is -0.570. The Bertz CT molecular complexity index is 227. The highest BCUT2D eigenvalue weighted by atomic mass is 16.4. The highest BCUT2D eigenvalue weighted by Gasteiger charge is 2.48. The van der Waals surface area contributed by atoms with Gasteiger partial charge < -0.3 is 5.11 Å². The van der Waals surface area contributed by atoms with Crippen LogP contribution in [0.4, 0.5) is 0 Å². The first-order valence-electron chi connectivity index (χ1n) is 5.32. The Morgan fingerprint density at radius 1 is 1.36 bits per heavy atom. The van der Waals surface area contributed by atoms with Crippen LogP contribution in [-0.2, 0) is 4.79 Å². The molecule has 1 aliphatic carbocycles. The lowest BCUT2D eigenvalue weighted by molar-refractivity contribution is -0.157. The molecule has 82 valence electrons. The second kappa shape index (κ2) is 3.89. The van der Waals surface area contributed by atoms with Gasteiger partial charge in [0.15, 0.2) is 0 Å². The molecule has 1 fully saturated rings. The molecule has 1 saturated carbocycles. The minimum absolute atomic E-state index is 0.242. The van der Waals surface area contributed by atoms with E-state index in [1.165, 1.54) is 0 Å². The highest BCUT2D eigenvalue weighted by Crippen LogP contribution is 2.40. The predicted molar refractivity (Wildman–Crippen MR) is 56.2 cm³/mol. The summed E-state index contributed by atoms with van der Waals surface area (Å²) < 4.78 is 0. The molecule has 3 nitrogen and oxygen atoms in total. The fraction of sp³-hybridized carbons (Fsp3) is 0.909. The van der Waals surface area contributed by atoms with Crippen LogP contribution >= 0.6 is 0 Å². The minimum atomic E-state index is -0.665. The van der Waals surface area contributed by atoms with Crippen molar-refractivity contribution in [3.8, 4) is 0 Å². The summed E-state index contributed by atoms with van der Waals surface area (Å²) in [5, 5.41) is 9.41. The maximum absolute atomic E-state index is 11.4. The van der Waals surface area contributed by atoms with Crippen molar-refractivity contribution >= 4 is 5.97 Å². The first-order valence-corrected chi connectivity index (χ1v) is 5.32. The van der Waals surface area contributed by atoms with Gasteiger partial charge in [-0.15, -0.1) is 0 Å². The van der Waals surface area contributed by atoms with E-state index < -0.39 is 11.5 Å². The number of carboxylic acid groups (broad SMARTS) is 1. The maximum Gasteiger partial charge on any atom is 0.324 e. The van der Waals surface area contributed by atoms with Gasteiger partial charge in [-0.25, -0.2) is 0 Å². The van der Waals surface area contributed by atoms with Crippen molar-refractivity contribution in [3.63, 3.8) is 0 Å². The molecule has 1 rings (SSSR count). The molecule has 14 heavy (non-hydrogen) atoms. The van der Waals surface area contributed by atoms with E-state index in [1.54, 1.807) is 0 Å². The fourth-order valence-corrected chi connectivity index (χ4v) is 2.72. The van der Waals surface area contributed by atoms with Crippen LogP contribution in [-0.4, -0.2) is 35.6 Å². The summed E-state index contributed by atoms with van der Waals surface area (Å²) in [6.45, 7) is 4.20. The molecule has 0 aromatic heterocycles. The summed E-state index contributed by atoms with van der Waals surface area (Å²) in [6, 6.07) is 0. The predicted octanol–water partition coefficient (Wildman–Crippen LogP) is 1.83. The minimum Gasteiger partial charge on any atom is -0.480 e. The molecule has 1 N–H and O–H groups in total. The Labute approximate surface area is 86.1 Å². The van der Waals surface area contributed by atoms with Crippen molar-refractivity contribution < 1.29 is 9.90 Å². The highest BCUT2D eigenvalue weighted by molar-refractivity contribution is 5.79. The number of carbonyl (C=O) groups is 1. The zero-order valence-corrected chi connectivity index (χ0v) is 9.58. The van der Waals surface area contributed by atoms with E-state index in [1.807, 2.05) is 19.0 Å². The number of hydrogen-bond acceptors (Lipinski definition) is 2. The summed E-state index contributed by atoms with van der Waals surface area (Å²) in [6.07, 6.45) is 2.95. The summed E-state index contributed by atoms with van der Waals surface area (Å²) in [7, 11) is 3.76. The molecule has 0 aromatic rings. The van der Waals surface area contributed by atoms with Crippen LogP contribution in [0, 0.1) is 11.8 Å². The molecular weight excluding hydrogens is 178 g/mol. The van der Waals surface area contributed by atoms with E-state index in [0.717, 1.165) is 19.3 Å². The molecule has 0 bridgehead atoms. The second-order valence-electron chi connectivity index (χ2n) is 4.91. The van der Waals surface area contributed by atoms with Crippen molar-refractivity contribution in [2.24, 2.45) is 11.8 Å². The van der Waals surface area contributed by atoms with E-state index in [0.29, 0.717) is 5.92 Å². The lowest BCUT2D eigenvalue weighted by Gasteiger charge is -2.46. The Balaban J connectivity index is 2.99. The number of nitrogens with zero attached hydrogens (tertiary/aromatic N) is 1. The molecule has 0 aliphatic heterocycles. The zero-order chi connectivity index (χ0) is 10.9. The van der Waals surface area contributed by atoms with E-state index in [2.05, 4.69) is 13.8 Å². The van der Waals surface area contributed by atoms with Crippen LogP contribution in [0.3, 0.4) is 0 Å². The second-order valence-corrected chi connectivity index (χ2v) is 4.91. The van der Waals surface area contributed by atoms with Crippen molar-refractivity contribution in [3.05, 3.63) is 0 Å². The van der Waals surface area contributed by atoms with Gasteiger partial charge in [-0.1, -0.05) is 20.3 Å². The average Bonchev–Trinajstić information content (AvgIpc) is 2.08. The van der Waals surface area contributed by atoms with Gasteiger partial charge in [0.05, 0.1) is 0 Å². The maximum atomic E-state index is 11.4. The summed E-state index contributed by atoms with van der Waals surface area (Å²) in [5.74, 6) is 0.0949. The SMILES string of the molecule is CC1CCC(C)C(C(=O)O)(N(C)C)C1. The van der Waals surface area contributed by atoms with Crippen molar-refractivity contribution in [2.45, 2.75) is 38.6 Å². The van der Waals surface area contributed by atoms with Gasteiger partial charge in [0.1, 0.15) is 5.54 Å². The van der Waals surface area contributed by atoms with Gasteiger partial charge in [0.2, 0.25) is 0 Å². The molecule has 3 unspecified atom stereocenters. The van der Waals surface area contributed by atoms with E-state index >= 15 is 0 Å². The molecule has 3 atom stereocenters. The lowest BCUT2D eigenvalue weighted by atomic mass is 9.69. The van der Waals surface area contributed by atoms with Crippen molar-refractivity contribution in [2.75, 3.05) is 14.1 Å². The lowest BCUT2D eigenvalue weighted by Crippen LogP contribution is -2.58. The third-order valence-corrected chi connectivity index (χ3v) is 3.74. The van der Waals surface area contributed by atoms with Crippen LogP contribution in [0.25, 0.3) is 0 Å². The van der Waals surface area contributed by atoms with Crippen LogP contribution in [0.15, 0.2) is 0 Å². The summed E-state index contributed by atoms with van der Waals surface area (Å²) in [5.41, 5.74) is -0.641. The topological polar surface area (TPSA) is 40.5 Å². The molecule has 1 aliphatic rings. The Morgan fingerprint density at radius 2 is 1.93 bits per heavy atom. The fourth-order valence-electron chi connectivity index (χ4n) is 2.72. The first kappa shape index (κ1) is 11.5. The largest absolute Gasteiger partial charge is 0.480 e. The zero-order valence-electron chi connectivity index (χ0n) is 9.58. The summed E-state index contributed by atoms with van der Waals surface area (Å²) >= 11 is 0. The van der Waals surface area contributed by atoms with Crippen LogP contribution in [0.5, 0.6) is 0 Å². The molecule has 0 radical (unpaired) electrons. The first-order chi connectivity index (χ1) is 6.41. The number of likely N-dealkylation sites (N-methyl/N-ethyl adjacent to an activating group) is 1. The number of hydrogen-bond donors (Lipinski definition) is 1. The smallest absolute Gasteiger partial charge is 0.324 e. The van der Waals surface area contributed by atoms with Gasteiger partial charge in [-0.3, -0.25) is 9.69 Å². The molecule has 3 heteroatoms. The molecule has 0 aromatic carbocycles. The third-order valence-electron chi connectivity index (χ3n) is 3.74. The van der Waals surface area contributed by atoms with Gasteiger partial charge in [-0.2, -0.15) is 0 Å². The average molecular weight is 199 g/mol. The molecule has 0 spiro atoms. The number of rotatable bonds is 2. The van der Waals surface area contributed by atoms with E-state index in [-0.39, 0.29) is 5.92 Å². The molecular formula is C11H21NO2. The van der Waals surface area contributed by atoms with Crippen LogP contribution < -0.4 is 0 Å². The third kappa shape index (κ3) is 1.65. The molecule has 0 saturated heterocycles. The van der Waals surface area contributed by atoms with Crippen molar-refractivity contribution in [1.82, 2.24) is 4.90 Å². The molecule has 0 amide bonds. The van der Waals surface area contributed by atoms with Gasteiger partial charge in [0.25, 0.3) is 0 Å².